The Morgan fingerprint density at radius 2 is 1.83 bits per heavy atom. The Balaban J connectivity index is 1.78. The van der Waals surface area contributed by atoms with E-state index in [1.807, 2.05) is 63.2 Å². The van der Waals surface area contributed by atoms with Gasteiger partial charge in [-0.05, 0) is 49.1 Å². The van der Waals surface area contributed by atoms with Crippen LogP contribution in [0.4, 0.5) is 11.5 Å². The second-order valence-corrected chi connectivity index (χ2v) is 8.83. The van der Waals surface area contributed by atoms with Gasteiger partial charge in [-0.3, -0.25) is 24.0 Å². The molecule has 8 nitrogen and oxygen atoms in total. The van der Waals surface area contributed by atoms with Crippen molar-refractivity contribution in [2.45, 2.75) is 53.1 Å². The average Bonchev–Trinajstić information content (AvgIpc) is 3.20. The van der Waals surface area contributed by atoms with E-state index in [1.54, 1.807) is 6.26 Å². The van der Waals surface area contributed by atoms with E-state index >= 15 is 0 Å². The number of hydrogen-bond donors (Lipinski definition) is 2. The minimum atomic E-state index is -0.687. The van der Waals surface area contributed by atoms with Crippen molar-refractivity contribution in [2.24, 2.45) is 0 Å². The number of H-pyrrole nitrogens is 1. The van der Waals surface area contributed by atoms with Crippen LogP contribution in [0, 0.1) is 13.8 Å². The van der Waals surface area contributed by atoms with Crippen LogP contribution in [0.15, 0.2) is 62.7 Å². The summed E-state index contributed by atoms with van der Waals surface area (Å²) in [5.41, 5.74) is 9.51. The molecule has 0 radical (unpaired) electrons. The molecule has 35 heavy (non-hydrogen) atoms. The first-order valence-electron chi connectivity index (χ1n) is 11.7. The zero-order valence-corrected chi connectivity index (χ0v) is 20.3. The van der Waals surface area contributed by atoms with Gasteiger partial charge < -0.3 is 10.2 Å². The van der Waals surface area contributed by atoms with Gasteiger partial charge in [-0.25, -0.2) is 4.79 Å². The number of carbonyl (C=O) groups is 1. The summed E-state index contributed by atoms with van der Waals surface area (Å²) in [4.78, 5) is 42.8. The van der Waals surface area contributed by atoms with Crippen molar-refractivity contribution < 1.29 is 9.21 Å². The number of nitrogen functional groups attached to an aromatic ring is 1. The molecular formula is C27H30N4O4. The van der Waals surface area contributed by atoms with Crippen LogP contribution in [-0.2, 0) is 24.3 Å². The average molecular weight is 475 g/mol. The number of unbranched alkanes of at least 4 members (excludes halogenated alkanes) is 1. The van der Waals surface area contributed by atoms with Crippen molar-refractivity contribution in [3.8, 4) is 0 Å². The van der Waals surface area contributed by atoms with Crippen LogP contribution >= 0.6 is 0 Å². The van der Waals surface area contributed by atoms with Crippen LogP contribution in [0.5, 0.6) is 0 Å². The van der Waals surface area contributed by atoms with Crippen molar-refractivity contribution in [3.63, 3.8) is 0 Å². The molecule has 8 heteroatoms. The molecule has 0 bridgehead atoms. The molecule has 2 aromatic carbocycles. The second kappa shape index (κ2) is 10.0. The van der Waals surface area contributed by atoms with Crippen molar-refractivity contribution in [2.75, 3.05) is 10.6 Å². The van der Waals surface area contributed by atoms with E-state index in [1.165, 1.54) is 9.47 Å². The number of aryl methyl sites for hydroxylation is 2. The minimum absolute atomic E-state index is 0.00923. The second-order valence-electron chi connectivity index (χ2n) is 8.83. The third kappa shape index (κ3) is 4.91. The van der Waals surface area contributed by atoms with E-state index in [0.29, 0.717) is 18.5 Å². The zero-order chi connectivity index (χ0) is 25.1. The van der Waals surface area contributed by atoms with Crippen molar-refractivity contribution >= 4 is 28.4 Å². The van der Waals surface area contributed by atoms with Gasteiger partial charge in [0, 0.05) is 17.5 Å². The van der Waals surface area contributed by atoms with Gasteiger partial charge in [-0.15, -0.1) is 0 Å². The Kier molecular flexibility index (Phi) is 6.91. The molecule has 0 unspecified atom stereocenters. The highest BCUT2D eigenvalue weighted by Gasteiger charge is 2.25. The number of fused-ring (bicyclic) bond motifs is 1. The number of aromatic nitrogens is 2. The molecule has 0 aliphatic carbocycles. The van der Waals surface area contributed by atoms with E-state index in [0.717, 1.165) is 34.1 Å². The zero-order valence-electron chi connectivity index (χ0n) is 20.3. The molecule has 0 saturated carbocycles. The molecule has 0 fully saturated rings. The number of nitrogens with two attached hydrogens (primary N) is 1. The normalized spacial score (nSPS) is 11.2. The molecule has 0 saturated heterocycles. The van der Waals surface area contributed by atoms with Crippen LogP contribution in [0.3, 0.4) is 0 Å². The lowest BCUT2D eigenvalue weighted by Crippen LogP contribution is -2.41. The van der Waals surface area contributed by atoms with Gasteiger partial charge >= 0.3 is 5.69 Å². The SMILES string of the molecule is CCCCn1c(N)c(N(Cc2ccccc2)C(=O)Cc2coc3cc(C)c(C)cc23)c(=O)[nH]c1=O. The van der Waals surface area contributed by atoms with E-state index < -0.39 is 11.2 Å². The number of rotatable bonds is 8. The van der Waals surface area contributed by atoms with E-state index in [-0.39, 0.29) is 30.4 Å². The summed E-state index contributed by atoms with van der Waals surface area (Å²) in [6, 6.07) is 13.3. The summed E-state index contributed by atoms with van der Waals surface area (Å²) in [5.74, 6) is -0.340. The molecule has 2 aromatic heterocycles. The topological polar surface area (TPSA) is 114 Å². The monoisotopic (exact) mass is 474 g/mol. The van der Waals surface area contributed by atoms with Gasteiger partial charge in [-0.1, -0.05) is 43.7 Å². The van der Waals surface area contributed by atoms with Crippen LogP contribution in [0.25, 0.3) is 11.0 Å². The summed E-state index contributed by atoms with van der Waals surface area (Å²) in [5, 5.41) is 0.857. The fourth-order valence-electron chi connectivity index (χ4n) is 4.17. The molecule has 0 aliphatic rings. The number of hydrogen-bond acceptors (Lipinski definition) is 5. The fourth-order valence-corrected chi connectivity index (χ4v) is 4.17. The third-order valence-corrected chi connectivity index (χ3v) is 6.32. The maximum atomic E-state index is 13.7. The highest BCUT2D eigenvalue weighted by molar-refractivity contribution is 5.99. The lowest BCUT2D eigenvalue weighted by Gasteiger charge is -2.24. The first-order chi connectivity index (χ1) is 16.8. The number of furan rings is 1. The molecule has 0 spiro atoms. The lowest BCUT2D eigenvalue weighted by molar-refractivity contribution is -0.118. The highest BCUT2D eigenvalue weighted by Crippen LogP contribution is 2.27. The van der Waals surface area contributed by atoms with Gasteiger partial charge in [0.15, 0.2) is 5.69 Å². The lowest BCUT2D eigenvalue weighted by atomic mass is 10.0. The van der Waals surface area contributed by atoms with Crippen molar-refractivity contribution in [1.82, 2.24) is 9.55 Å². The highest BCUT2D eigenvalue weighted by atomic mass is 16.3. The van der Waals surface area contributed by atoms with Gasteiger partial charge in [0.25, 0.3) is 5.56 Å². The largest absolute Gasteiger partial charge is 0.464 e. The Morgan fingerprint density at radius 3 is 2.54 bits per heavy atom. The molecule has 4 aromatic rings. The summed E-state index contributed by atoms with van der Waals surface area (Å²) in [7, 11) is 0. The predicted octanol–water partition coefficient (Wildman–Crippen LogP) is 4.06. The van der Waals surface area contributed by atoms with E-state index in [2.05, 4.69) is 4.98 Å². The number of amides is 1. The number of nitrogens with zero attached hydrogens (tertiary/aromatic N) is 2. The molecular weight excluding hydrogens is 444 g/mol. The Hall–Kier alpha value is -4.07. The van der Waals surface area contributed by atoms with Crippen molar-refractivity contribution in [1.29, 1.82) is 0 Å². The van der Waals surface area contributed by atoms with Crippen LogP contribution in [-0.4, -0.2) is 15.5 Å². The summed E-state index contributed by atoms with van der Waals surface area (Å²) < 4.78 is 7.03. The first kappa shape index (κ1) is 24.1. The Labute approximate surface area is 203 Å². The summed E-state index contributed by atoms with van der Waals surface area (Å²) in [6.07, 6.45) is 3.15. The van der Waals surface area contributed by atoms with E-state index in [4.69, 9.17) is 10.2 Å². The first-order valence-corrected chi connectivity index (χ1v) is 11.7. The molecule has 0 aliphatic heterocycles. The molecule has 0 atom stereocenters. The number of aromatic amines is 1. The number of carbonyl (C=O) groups excluding carboxylic acids is 1. The number of anilines is 2. The Bertz CT molecular complexity index is 1480. The van der Waals surface area contributed by atoms with Crippen LogP contribution in [0.2, 0.25) is 0 Å². The summed E-state index contributed by atoms with van der Waals surface area (Å²) in [6.45, 7) is 6.49. The minimum Gasteiger partial charge on any atom is -0.464 e. The van der Waals surface area contributed by atoms with Gasteiger partial charge in [-0.2, -0.15) is 0 Å². The third-order valence-electron chi connectivity index (χ3n) is 6.32. The number of nitrogens with one attached hydrogen (secondary N) is 1. The van der Waals surface area contributed by atoms with Crippen LogP contribution in [0.1, 0.15) is 42.0 Å². The van der Waals surface area contributed by atoms with Crippen molar-refractivity contribution in [3.05, 3.63) is 91.8 Å². The van der Waals surface area contributed by atoms with Gasteiger partial charge in [0.1, 0.15) is 11.4 Å². The maximum Gasteiger partial charge on any atom is 0.330 e. The molecule has 4 rings (SSSR count). The standard InChI is InChI=1S/C27H30N4O4/c1-4-5-11-30-25(28)24(26(33)29-27(30)34)31(15-19-9-7-6-8-10-19)23(32)14-20-16-35-22-13-18(3)17(2)12-21(20)22/h6-10,12-13,16H,4-5,11,14-15,28H2,1-3H3,(H,29,33,34). The Morgan fingerprint density at radius 1 is 1.11 bits per heavy atom. The van der Waals surface area contributed by atoms with E-state index in [9.17, 15) is 14.4 Å². The van der Waals surface area contributed by atoms with Gasteiger partial charge in [0.2, 0.25) is 5.91 Å². The fraction of sp³-hybridized carbons (Fsp3) is 0.296. The number of benzene rings is 2. The predicted molar refractivity (Wildman–Crippen MR) is 138 cm³/mol. The van der Waals surface area contributed by atoms with Gasteiger partial charge in [0.05, 0.1) is 19.2 Å². The quantitative estimate of drug-likeness (QED) is 0.400. The molecule has 1 amide bonds. The smallest absolute Gasteiger partial charge is 0.330 e. The molecule has 2 heterocycles. The molecule has 3 N–H and O–H groups in total. The maximum absolute atomic E-state index is 13.7. The summed E-state index contributed by atoms with van der Waals surface area (Å²) >= 11 is 0. The molecule has 182 valence electrons. The van der Waals surface area contributed by atoms with Crippen LogP contribution < -0.4 is 21.9 Å².